The molecule has 10 aromatic carbocycles. The molecule has 0 bridgehead atoms. The van der Waals surface area contributed by atoms with Gasteiger partial charge in [0.15, 0.2) is 0 Å². The van der Waals surface area contributed by atoms with Crippen molar-refractivity contribution in [2.24, 2.45) is 0 Å². The molecule has 0 atom stereocenters. The molecule has 2 nitrogen and oxygen atoms in total. The van der Waals surface area contributed by atoms with Crippen LogP contribution in [-0.4, -0.2) is 31.4 Å². The molecule has 62 heavy (non-hydrogen) atoms. The number of nitrogens with zero attached hydrogens (tertiary/aromatic N) is 1. The van der Waals surface area contributed by atoms with Gasteiger partial charge in [0, 0.05) is 33.1 Å². The zero-order chi connectivity index (χ0) is 41.9. The minimum absolute atomic E-state index is 0.322. The molecule has 0 saturated carbocycles. The highest BCUT2D eigenvalue weighted by molar-refractivity contribution is 6.63. The van der Waals surface area contributed by atoms with Gasteiger partial charge in [-0.25, -0.2) is 0 Å². The van der Waals surface area contributed by atoms with E-state index in [1.54, 1.807) is 0 Å². The van der Waals surface area contributed by atoms with E-state index in [-0.39, 0.29) is 0 Å². The highest BCUT2D eigenvalue weighted by Crippen LogP contribution is 2.45. The molecule has 1 heterocycles. The van der Waals surface area contributed by atoms with Crippen molar-refractivity contribution in [2.45, 2.75) is 0 Å². The Balaban J connectivity index is 1.14. The topological polar surface area (TPSA) is 16.4 Å². The molecule has 8 radical (unpaired) electrons. The van der Waals surface area contributed by atoms with Crippen molar-refractivity contribution in [2.75, 3.05) is 4.90 Å². The molecule has 0 saturated heterocycles. The van der Waals surface area contributed by atoms with Crippen LogP contribution in [0.2, 0.25) is 0 Å². The second-order valence-corrected chi connectivity index (χ2v) is 15.7. The van der Waals surface area contributed by atoms with Crippen LogP contribution in [0, 0.1) is 0 Å². The zero-order valence-electron chi connectivity index (χ0n) is 33.7. The summed E-state index contributed by atoms with van der Waals surface area (Å²) in [5, 5.41) is 6.57. The normalized spacial score (nSPS) is 11.5. The van der Waals surface area contributed by atoms with Gasteiger partial charge < -0.3 is 9.32 Å². The summed E-state index contributed by atoms with van der Waals surface area (Å²) >= 11 is 0. The molecule has 0 unspecified atom stereocenters. The Hall–Kier alpha value is -7.42. The van der Waals surface area contributed by atoms with Crippen LogP contribution in [0.1, 0.15) is 0 Å². The largest absolute Gasteiger partial charge is 0.455 e. The maximum atomic E-state index is 7.27. The first-order valence-corrected chi connectivity index (χ1v) is 20.7. The summed E-state index contributed by atoms with van der Waals surface area (Å²) in [5.41, 5.74) is 12.8. The van der Waals surface area contributed by atoms with Crippen LogP contribution in [0.4, 0.5) is 17.1 Å². The van der Waals surface area contributed by atoms with Gasteiger partial charge in [-0.3, -0.25) is 0 Å². The van der Waals surface area contributed by atoms with E-state index >= 15 is 0 Å². The smallest absolute Gasteiger partial charge is 0.143 e. The first-order chi connectivity index (χ1) is 30.4. The lowest BCUT2D eigenvalue weighted by molar-refractivity contribution is 0.673. The Morgan fingerprint density at radius 1 is 0.371 bits per heavy atom. The molecule has 0 fully saturated rings. The van der Waals surface area contributed by atoms with Crippen LogP contribution in [0.3, 0.4) is 0 Å². The van der Waals surface area contributed by atoms with E-state index in [0.29, 0.717) is 33.1 Å². The van der Waals surface area contributed by atoms with Crippen molar-refractivity contribution in [3.8, 4) is 44.5 Å². The zero-order valence-corrected chi connectivity index (χ0v) is 33.7. The second-order valence-electron chi connectivity index (χ2n) is 15.7. The van der Waals surface area contributed by atoms with Crippen LogP contribution in [0.5, 0.6) is 0 Å². The van der Waals surface area contributed by atoms with E-state index in [1.165, 1.54) is 5.39 Å². The summed E-state index contributed by atoms with van der Waals surface area (Å²) in [7, 11) is 28.8. The molecule has 0 aliphatic carbocycles. The predicted octanol–water partition coefficient (Wildman–Crippen LogP) is 11.2. The molecule has 0 spiro atoms. The minimum Gasteiger partial charge on any atom is -0.455 e. The Kier molecular flexibility index (Phi) is 9.24. The van der Waals surface area contributed by atoms with Crippen molar-refractivity contribution in [3.63, 3.8) is 0 Å². The van der Waals surface area contributed by atoms with Gasteiger partial charge in [-0.05, 0) is 91.5 Å². The summed E-state index contributed by atoms with van der Waals surface area (Å²) in [6.45, 7) is 0. The molecular formula is C56H33B4NO. The van der Waals surface area contributed by atoms with Gasteiger partial charge >= 0.3 is 0 Å². The molecular weight excluding hydrogens is 746 g/mol. The van der Waals surface area contributed by atoms with E-state index in [1.807, 2.05) is 60.7 Å². The van der Waals surface area contributed by atoms with Crippen molar-refractivity contribution < 1.29 is 4.42 Å². The maximum absolute atomic E-state index is 7.27. The molecule has 6 heteroatoms. The highest BCUT2D eigenvalue weighted by Gasteiger charge is 2.25. The fourth-order valence-electron chi connectivity index (χ4n) is 9.08. The molecule has 0 amide bonds. The maximum Gasteiger partial charge on any atom is 0.143 e. The van der Waals surface area contributed by atoms with Crippen LogP contribution >= 0.6 is 0 Å². The van der Waals surface area contributed by atoms with Crippen LogP contribution < -0.4 is 26.8 Å². The van der Waals surface area contributed by atoms with Crippen molar-refractivity contribution in [1.29, 1.82) is 0 Å². The number of fused-ring (bicyclic) bond motifs is 6. The van der Waals surface area contributed by atoms with Gasteiger partial charge in [-0.1, -0.05) is 186 Å². The summed E-state index contributed by atoms with van der Waals surface area (Å²) < 4.78 is 6.66. The van der Waals surface area contributed by atoms with Gasteiger partial charge in [0.2, 0.25) is 0 Å². The third kappa shape index (κ3) is 6.25. The first-order valence-electron chi connectivity index (χ1n) is 20.7. The summed E-state index contributed by atoms with van der Waals surface area (Å²) in [6.07, 6.45) is 0. The summed E-state index contributed by atoms with van der Waals surface area (Å²) in [5.74, 6) is 0. The number of rotatable bonds is 7. The number of benzene rings is 10. The van der Waals surface area contributed by atoms with Gasteiger partial charge in [0.05, 0.1) is 5.69 Å². The molecule has 11 aromatic rings. The van der Waals surface area contributed by atoms with Crippen LogP contribution in [0.15, 0.2) is 205 Å². The number of anilines is 3. The predicted molar refractivity (Wildman–Crippen MR) is 267 cm³/mol. The number of hydrogen-bond acceptors (Lipinski definition) is 2. The molecule has 0 aliphatic heterocycles. The SMILES string of the molecule is [B]c1c([B])c(N(c2cccc(-c3ccc4ccccc4c3)c2)c2ccccc2-c2cccc3oc4c5ccccc5ccc4c23)c([B])c([B])c1-c1ccc(-c2ccccc2)cc1. The Morgan fingerprint density at radius 3 is 1.76 bits per heavy atom. The summed E-state index contributed by atoms with van der Waals surface area (Å²) in [4.78, 5) is 2.11. The summed E-state index contributed by atoms with van der Waals surface area (Å²) in [6, 6.07) is 68.9. The lowest BCUT2D eigenvalue weighted by Crippen LogP contribution is -2.46. The fraction of sp³-hybridized carbons (Fsp3) is 0. The third-order valence-corrected chi connectivity index (χ3v) is 12.1. The van der Waals surface area contributed by atoms with E-state index in [2.05, 4.69) is 144 Å². The molecule has 0 aliphatic rings. The van der Waals surface area contributed by atoms with Crippen LogP contribution in [-0.2, 0) is 0 Å². The van der Waals surface area contributed by atoms with Crippen molar-refractivity contribution >= 4 is 114 Å². The van der Waals surface area contributed by atoms with Gasteiger partial charge in [-0.15, -0.1) is 0 Å². The number of furan rings is 1. The first kappa shape index (κ1) is 37.6. The van der Waals surface area contributed by atoms with Gasteiger partial charge in [0.1, 0.15) is 42.6 Å². The molecule has 280 valence electrons. The highest BCUT2D eigenvalue weighted by atomic mass is 16.3. The molecule has 1 aromatic heterocycles. The quantitative estimate of drug-likeness (QED) is 0.150. The Morgan fingerprint density at radius 2 is 0.952 bits per heavy atom. The number of para-hydroxylation sites is 1. The van der Waals surface area contributed by atoms with Gasteiger partial charge in [-0.2, -0.15) is 0 Å². The monoisotopic (exact) mass is 779 g/mol. The third-order valence-electron chi connectivity index (χ3n) is 12.1. The van der Waals surface area contributed by atoms with E-state index in [9.17, 15) is 0 Å². The second kappa shape index (κ2) is 15.2. The standard InChI is InChI=1S/C56H33B4NO/c57-51-49(38-27-24-36(25-28-38)34-12-2-1-3-13-34)52(58)54(60)55(53(51)59)61(42-18-10-17-40(33-42)41-29-26-35-14-4-5-16-39(35)32-41)47-22-9-8-20-44(47)45-21-11-23-48-50(45)46-31-30-37-15-6-7-19-43(37)56(46)62-48/h1-33H. The van der Waals surface area contributed by atoms with Gasteiger partial charge in [0.25, 0.3) is 0 Å². The lowest BCUT2D eigenvalue weighted by atomic mass is 9.64. The average Bonchev–Trinajstić information content (AvgIpc) is 3.73. The average molecular weight is 779 g/mol. The Bertz CT molecular complexity index is 3490. The minimum atomic E-state index is 0.322. The van der Waals surface area contributed by atoms with Crippen LogP contribution in [0.25, 0.3) is 88.0 Å². The lowest BCUT2D eigenvalue weighted by Gasteiger charge is -2.34. The molecule has 11 rings (SSSR count). The van der Waals surface area contributed by atoms with E-state index in [0.717, 1.165) is 88.4 Å². The number of hydrogen-bond donors (Lipinski definition) is 0. The van der Waals surface area contributed by atoms with Crippen molar-refractivity contribution in [1.82, 2.24) is 0 Å². The van der Waals surface area contributed by atoms with E-state index < -0.39 is 0 Å². The van der Waals surface area contributed by atoms with E-state index in [4.69, 9.17) is 35.8 Å². The van der Waals surface area contributed by atoms with Crippen molar-refractivity contribution in [3.05, 3.63) is 200 Å². The molecule has 0 N–H and O–H groups in total. The fourth-order valence-corrected chi connectivity index (χ4v) is 9.08. The Labute approximate surface area is 366 Å².